The molecule has 0 atom stereocenters. The summed E-state index contributed by atoms with van der Waals surface area (Å²) in [6.45, 7) is -1.37. The van der Waals surface area contributed by atoms with E-state index < -0.39 is 36.7 Å². The smallest absolute Gasteiger partial charge is 0.358 e. The van der Waals surface area contributed by atoms with Gasteiger partial charge in [-0.25, -0.2) is 9.78 Å². The highest BCUT2D eigenvalue weighted by molar-refractivity contribution is 5.89. The topological polar surface area (TPSA) is 75.2 Å². The van der Waals surface area contributed by atoms with Crippen LogP contribution in [-0.4, -0.2) is 27.7 Å². The molecular weight excluding hydrogens is 232 g/mol. The van der Waals surface area contributed by atoms with Gasteiger partial charge in [-0.3, -0.25) is 0 Å². The van der Waals surface area contributed by atoms with Crippen molar-refractivity contribution < 1.29 is 22.9 Å². The van der Waals surface area contributed by atoms with E-state index in [0.717, 1.165) is 0 Å². The molecule has 1 aromatic rings. The molecule has 1 aromatic heterocycles. The van der Waals surface area contributed by atoms with Gasteiger partial charge in [-0.2, -0.15) is 0 Å². The number of aliphatic hydroxyl groups is 1. The molecule has 1 heterocycles. The molecule has 0 unspecified atom stereocenters. The Bertz CT molecular complexity index is 578. The lowest BCUT2D eigenvalue weighted by Gasteiger charge is -2.16. The zero-order chi connectivity index (χ0) is 18.9. The molecule has 0 aliphatic heterocycles. The zero-order valence-corrected chi connectivity index (χ0v) is 10.7. The van der Waals surface area contributed by atoms with Crippen LogP contribution in [0.5, 0.6) is 0 Å². The number of imidazole rings is 1. The van der Waals surface area contributed by atoms with Crippen LogP contribution in [0.15, 0.2) is 0 Å². The Morgan fingerprint density at radius 2 is 2.28 bits per heavy atom. The Morgan fingerprint density at radius 3 is 2.78 bits per heavy atom. The van der Waals surface area contributed by atoms with Gasteiger partial charge >= 0.3 is 5.97 Å². The lowest BCUT2D eigenvalue weighted by molar-refractivity contribution is 0.0476. The van der Waals surface area contributed by atoms with Crippen molar-refractivity contribution in [3.63, 3.8) is 0 Å². The van der Waals surface area contributed by atoms with Gasteiger partial charge in [0, 0.05) is 14.6 Å². The zero-order valence-electron chi connectivity index (χ0n) is 16.7. The number of ether oxygens (including phenoxy) is 1. The Hall–Kier alpha value is -1.36. The maximum absolute atomic E-state index is 12.1. The van der Waals surface area contributed by atoms with Gasteiger partial charge in [-0.15, -0.1) is 0 Å². The Balaban J connectivity index is 3.63. The van der Waals surface area contributed by atoms with Gasteiger partial charge in [0.2, 0.25) is 0 Å². The number of hydrogen-bond donors (Lipinski definition) is 2. The number of nitrogens with zero attached hydrogens (tertiary/aromatic N) is 1. The van der Waals surface area contributed by atoms with E-state index in [1.165, 1.54) is 0 Å². The van der Waals surface area contributed by atoms with Gasteiger partial charge in [-0.05, 0) is 26.5 Å². The molecule has 0 aliphatic carbocycles. The molecule has 0 spiro atoms. The molecule has 0 saturated heterocycles. The fourth-order valence-electron chi connectivity index (χ4n) is 1.51. The predicted molar refractivity (Wildman–Crippen MR) is 68.3 cm³/mol. The molecule has 0 aliphatic rings. The van der Waals surface area contributed by atoms with Gasteiger partial charge < -0.3 is 14.8 Å². The van der Waals surface area contributed by atoms with Crippen LogP contribution in [0.3, 0.4) is 0 Å². The van der Waals surface area contributed by atoms with Gasteiger partial charge in [-0.1, -0.05) is 13.8 Å². The van der Waals surface area contributed by atoms with E-state index in [1.807, 2.05) is 13.8 Å². The standard InChI is InChI=1S/C13H22N2O3/c1-6-18-12(16)10-11(13(4,5)17)15-9(14-10)7-8(2)3/h8,17H,6-7H2,1-5H3,(H,14,15)/i4D3,5D3. The van der Waals surface area contributed by atoms with Crippen LogP contribution in [0.2, 0.25) is 0 Å². The van der Waals surface area contributed by atoms with Gasteiger partial charge in [0.05, 0.1) is 12.3 Å². The summed E-state index contributed by atoms with van der Waals surface area (Å²) in [6.07, 6.45) is 0.338. The minimum Gasteiger partial charge on any atom is -0.461 e. The monoisotopic (exact) mass is 260 g/mol. The van der Waals surface area contributed by atoms with E-state index in [4.69, 9.17) is 13.0 Å². The highest BCUT2D eigenvalue weighted by Crippen LogP contribution is 2.23. The summed E-state index contributed by atoms with van der Waals surface area (Å²) in [5.74, 6) is -0.687. The molecule has 102 valence electrons. The first-order valence-electron chi connectivity index (χ1n) is 8.74. The number of aromatic nitrogens is 2. The molecule has 0 amide bonds. The number of nitrogens with one attached hydrogen (secondary N) is 1. The molecule has 0 aromatic carbocycles. The number of rotatable bonds is 5. The molecule has 5 nitrogen and oxygen atoms in total. The highest BCUT2D eigenvalue weighted by atomic mass is 16.5. The molecule has 1 rings (SSSR count). The normalized spacial score (nSPS) is 18.3. The van der Waals surface area contributed by atoms with Gasteiger partial charge in [0.25, 0.3) is 0 Å². The molecule has 0 fully saturated rings. The number of carbonyl (C=O) groups is 1. The molecule has 0 saturated carbocycles. The van der Waals surface area contributed by atoms with Crippen molar-refractivity contribution in [2.45, 2.75) is 46.5 Å². The third kappa shape index (κ3) is 3.57. The van der Waals surface area contributed by atoms with E-state index in [1.54, 1.807) is 6.92 Å². The quantitative estimate of drug-likeness (QED) is 0.794. The lowest BCUT2D eigenvalue weighted by Crippen LogP contribution is -2.21. The van der Waals surface area contributed by atoms with Crippen molar-refractivity contribution in [2.75, 3.05) is 6.61 Å². The summed E-state index contributed by atoms with van der Waals surface area (Å²) in [5, 5.41) is 10.6. The summed E-state index contributed by atoms with van der Waals surface area (Å²) in [7, 11) is 0. The number of carbonyl (C=O) groups excluding carboxylic acids is 1. The van der Waals surface area contributed by atoms with E-state index in [0.29, 0.717) is 6.42 Å². The summed E-state index contributed by atoms with van der Waals surface area (Å²) < 4.78 is 49.8. The Labute approximate surface area is 116 Å². The predicted octanol–water partition coefficient (Wildman–Crippen LogP) is 2.01. The first kappa shape index (κ1) is 7.94. The number of aromatic amines is 1. The van der Waals surface area contributed by atoms with Crippen LogP contribution in [-0.2, 0) is 16.8 Å². The van der Waals surface area contributed by atoms with Crippen molar-refractivity contribution in [3.05, 3.63) is 17.2 Å². The first-order chi connectivity index (χ1) is 10.8. The van der Waals surface area contributed by atoms with E-state index >= 15 is 0 Å². The molecule has 5 heteroatoms. The van der Waals surface area contributed by atoms with Crippen LogP contribution in [0.4, 0.5) is 0 Å². The average molecular weight is 260 g/mol. The summed E-state index contributed by atoms with van der Waals surface area (Å²) in [6, 6.07) is 0. The van der Waals surface area contributed by atoms with Crippen LogP contribution < -0.4 is 0 Å². The highest BCUT2D eigenvalue weighted by Gasteiger charge is 2.28. The summed E-state index contributed by atoms with van der Waals surface area (Å²) in [5.41, 5.74) is -4.47. The van der Waals surface area contributed by atoms with Crippen LogP contribution in [0.1, 0.15) is 64.7 Å². The van der Waals surface area contributed by atoms with E-state index in [-0.39, 0.29) is 18.3 Å². The third-order valence-corrected chi connectivity index (χ3v) is 2.19. The fraction of sp³-hybridized carbons (Fsp3) is 0.692. The second-order valence-electron chi connectivity index (χ2n) is 4.44. The largest absolute Gasteiger partial charge is 0.461 e. The Kier molecular flexibility index (Phi) is 2.44. The minimum absolute atomic E-state index is 0.00931. The maximum Gasteiger partial charge on any atom is 0.358 e. The molecule has 0 bridgehead atoms. The second-order valence-corrected chi connectivity index (χ2v) is 4.44. The lowest BCUT2D eigenvalue weighted by atomic mass is 10.0. The van der Waals surface area contributed by atoms with Gasteiger partial charge in [0.1, 0.15) is 11.4 Å². The third-order valence-electron chi connectivity index (χ3n) is 2.19. The van der Waals surface area contributed by atoms with Crippen LogP contribution in [0.25, 0.3) is 0 Å². The molecular formula is C13H22N2O3. The maximum atomic E-state index is 12.1. The van der Waals surface area contributed by atoms with Crippen molar-refractivity contribution >= 4 is 5.97 Å². The number of H-pyrrole nitrogens is 1. The van der Waals surface area contributed by atoms with Crippen molar-refractivity contribution in [2.24, 2.45) is 5.92 Å². The fourth-order valence-corrected chi connectivity index (χ4v) is 1.51. The molecule has 2 N–H and O–H groups in total. The minimum atomic E-state index is -3.32. The number of esters is 1. The van der Waals surface area contributed by atoms with E-state index in [9.17, 15) is 9.90 Å². The first-order valence-corrected chi connectivity index (χ1v) is 5.74. The summed E-state index contributed by atoms with van der Waals surface area (Å²) in [4.78, 5) is 18.6. The van der Waals surface area contributed by atoms with Crippen LogP contribution in [0, 0.1) is 5.92 Å². The van der Waals surface area contributed by atoms with Gasteiger partial charge in [0.15, 0.2) is 5.69 Å². The van der Waals surface area contributed by atoms with Crippen LogP contribution >= 0.6 is 0 Å². The van der Waals surface area contributed by atoms with E-state index in [2.05, 4.69) is 9.97 Å². The Morgan fingerprint density at radius 1 is 1.61 bits per heavy atom. The average Bonchev–Trinajstić information content (AvgIpc) is 2.78. The molecule has 18 heavy (non-hydrogen) atoms. The van der Waals surface area contributed by atoms with Crippen molar-refractivity contribution in [1.82, 2.24) is 9.97 Å². The van der Waals surface area contributed by atoms with Crippen molar-refractivity contribution in [1.29, 1.82) is 0 Å². The molecule has 0 radical (unpaired) electrons. The second kappa shape index (κ2) is 5.52. The SMILES string of the molecule is [2H]C([2H])([2H])C(O)(c1[nH]c(CC(C)C)nc1C(=O)OCC)C([2H])([2H])[2H]. The summed E-state index contributed by atoms with van der Waals surface area (Å²) >= 11 is 0. The van der Waals surface area contributed by atoms with Crippen molar-refractivity contribution in [3.8, 4) is 0 Å². The number of hydrogen-bond acceptors (Lipinski definition) is 4.